The SMILES string of the molecule is O=C(CN(Cc1ccc(F)cc1)S(=O)(=O)c1ccccc1)Nc1cc(F)ccc1F. The number of rotatable bonds is 7. The second kappa shape index (κ2) is 9.10. The van der Waals surface area contributed by atoms with Gasteiger partial charge in [-0.25, -0.2) is 21.6 Å². The molecule has 1 N–H and O–H groups in total. The number of carbonyl (C=O) groups excluding carboxylic acids is 1. The summed E-state index contributed by atoms with van der Waals surface area (Å²) >= 11 is 0. The van der Waals surface area contributed by atoms with E-state index in [1.807, 2.05) is 0 Å². The summed E-state index contributed by atoms with van der Waals surface area (Å²) in [5, 5.41) is 2.18. The van der Waals surface area contributed by atoms with Crippen LogP contribution in [0.25, 0.3) is 0 Å². The molecule has 3 aromatic rings. The van der Waals surface area contributed by atoms with Crippen molar-refractivity contribution in [2.45, 2.75) is 11.4 Å². The van der Waals surface area contributed by atoms with Crippen LogP contribution in [0.1, 0.15) is 5.56 Å². The van der Waals surface area contributed by atoms with Crippen molar-refractivity contribution in [3.8, 4) is 0 Å². The Balaban J connectivity index is 1.87. The van der Waals surface area contributed by atoms with Gasteiger partial charge in [-0.05, 0) is 42.0 Å². The molecule has 0 aliphatic heterocycles. The molecule has 0 spiro atoms. The predicted molar refractivity (Wildman–Crippen MR) is 105 cm³/mol. The maximum absolute atomic E-state index is 13.8. The number of nitrogens with one attached hydrogen (secondary N) is 1. The smallest absolute Gasteiger partial charge is 0.243 e. The first-order valence-corrected chi connectivity index (χ1v) is 10.2. The lowest BCUT2D eigenvalue weighted by atomic mass is 10.2. The molecular weight excluding hydrogens is 417 g/mol. The number of benzene rings is 3. The molecule has 0 radical (unpaired) electrons. The summed E-state index contributed by atoms with van der Waals surface area (Å²) in [7, 11) is -4.10. The van der Waals surface area contributed by atoms with E-state index in [1.165, 1.54) is 48.5 Å². The van der Waals surface area contributed by atoms with Gasteiger partial charge >= 0.3 is 0 Å². The molecular formula is C21H17F3N2O3S. The third-order valence-electron chi connectivity index (χ3n) is 4.18. The molecule has 0 fully saturated rings. The van der Waals surface area contributed by atoms with Crippen molar-refractivity contribution in [3.63, 3.8) is 0 Å². The van der Waals surface area contributed by atoms with Crippen molar-refractivity contribution in [2.75, 3.05) is 11.9 Å². The maximum atomic E-state index is 13.8. The number of carbonyl (C=O) groups is 1. The minimum Gasteiger partial charge on any atom is -0.322 e. The number of anilines is 1. The monoisotopic (exact) mass is 434 g/mol. The van der Waals surface area contributed by atoms with Gasteiger partial charge < -0.3 is 5.32 Å². The lowest BCUT2D eigenvalue weighted by Crippen LogP contribution is -2.37. The lowest BCUT2D eigenvalue weighted by Gasteiger charge is -2.22. The van der Waals surface area contributed by atoms with E-state index in [1.54, 1.807) is 6.07 Å². The predicted octanol–water partition coefficient (Wildman–Crippen LogP) is 3.93. The van der Waals surface area contributed by atoms with Crippen LogP contribution in [0.5, 0.6) is 0 Å². The third-order valence-corrected chi connectivity index (χ3v) is 5.98. The zero-order valence-electron chi connectivity index (χ0n) is 15.6. The number of hydrogen-bond donors (Lipinski definition) is 1. The molecule has 156 valence electrons. The summed E-state index contributed by atoms with van der Waals surface area (Å²) in [6.07, 6.45) is 0. The van der Waals surface area contributed by atoms with Gasteiger partial charge in [0.25, 0.3) is 0 Å². The largest absolute Gasteiger partial charge is 0.322 e. The first kappa shape index (κ1) is 21.5. The fraction of sp³-hybridized carbons (Fsp3) is 0.0952. The average molecular weight is 434 g/mol. The summed E-state index contributed by atoms with van der Waals surface area (Å²) in [5.74, 6) is -2.97. The van der Waals surface area contributed by atoms with Gasteiger partial charge in [0.1, 0.15) is 17.5 Å². The van der Waals surface area contributed by atoms with Gasteiger partial charge in [0.2, 0.25) is 15.9 Å². The van der Waals surface area contributed by atoms with Crippen LogP contribution < -0.4 is 5.32 Å². The van der Waals surface area contributed by atoms with Crippen LogP contribution in [0.2, 0.25) is 0 Å². The third kappa shape index (κ3) is 5.25. The highest BCUT2D eigenvalue weighted by Gasteiger charge is 2.27. The first-order valence-electron chi connectivity index (χ1n) is 8.80. The van der Waals surface area contributed by atoms with Crippen molar-refractivity contribution in [2.24, 2.45) is 0 Å². The summed E-state index contributed by atoms with van der Waals surface area (Å²) < 4.78 is 67.3. The van der Waals surface area contributed by atoms with Crippen LogP contribution in [0.3, 0.4) is 0 Å². The van der Waals surface area contributed by atoms with Gasteiger partial charge in [-0.2, -0.15) is 4.31 Å². The molecule has 0 aliphatic rings. The Kier molecular flexibility index (Phi) is 6.53. The van der Waals surface area contributed by atoms with E-state index in [2.05, 4.69) is 5.32 Å². The Hall–Kier alpha value is -3.17. The molecule has 30 heavy (non-hydrogen) atoms. The van der Waals surface area contributed by atoms with Crippen LogP contribution in [-0.4, -0.2) is 25.2 Å². The Morgan fingerprint density at radius 2 is 1.50 bits per heavy atom. The summed E-state index contributed by atoms with van der Waals surface area (Å²) in [5.41, 5.74) is 0.0412. The van der Waals surface area contributed by atoms with Gasteiger partial charge in [-0.15, -0.1) is 0 Å². The molecule has 0 heterocycles. The first-order chi connectivity index (χ1) is 14.3. The van der Waals surface area contributed by atoms with E-state index in [9.17, 15) is 26.4 Å². The average Bonchev–Trinajstić information content (AvgIpc) is 2.72. The van der Waals surface area contributed by atoms with E-state index in [0.717, 1.165) is 22.5 Å². The molecule has 0 atom stereocenters. The van der Waals surface area contributed by atoms with Crippen molar-refractivity contribution in [3.05, 3.63) is 95.8 Å². The zero-order valence-corrected chi connectivity index (χ0v) is 16.4. The van der Waals surface area contributed by atoms with E-state index < -0.39 is 45.6 Å². The minimum absolute atomic E-state index is 0.0446. The molecule has 5 nitrogen and oxygen atoms in total. The van der Waals surface area contributed by atoms with Crippen molar-refractivity contribution in [1.29, 1.82) is 0 Å². The molecule has 0 saturated heterocycles. The van der Waals surface area contributed by atoms with Gasteiger partial charge in [0, 0.05) is 12.6 Å². The van der Waals surface area contributed by atoms with Gasteiger partial charge in [0.15, 0.2) is 0 Å². The Morgan fingerprint density at radius 1 is 0.867 bits per heavy atom. The summed E-state index contributed by atoms with van der Waals surface area (Å²) in [6, 6.07) is 15.1. The van der Waals surface area contributed by atoms with Crippen molar-refractivity contribution >= 4 is 21.6 Å². The second-order valence-corrected chi connectivity index (χ2v) is 8.32. The van der Waals surface area contributed by atoms with E-state index in [0.29, 0.717) is 5.56 Å². The van der Waals surface area contributed by atoms with Crippen molar-refractivity contribution < 1.29 is 26.4 Å². The second-order valence-electron chi connectivity index (χ2n) is 6.38. The molecule has 1 amide bonds. The molecule has 0 bridgehead atoms. The number of amides is 1. The highest BCUT2D eigenvalue weighted by Crippen LogP contribution is 2.20. The lowest BCUT2D eigenvalue weighted by molar-refractivity contribution is -0.116. The molecule has 3 rings (SSSR count). The number of nitrogens with zero attached hydrogens (tertiary/aromatic N) is 1. The molecule has 0 aromatic heterocycles. The van der Waals surface area contributed by atoms with Crippen LogP contribution >= 0.6 is 0 Å². The molecule has 0 aliphatic carbocycles. The highest BCUT2D eigenvalue weighted by molar-refractivity contribution is 7.89. The number of hydrogen-bond acceptors (Lipinski definition) is 3. The van der Waals surface area contributed by atoms with E-state index in [4.69, 9.17) is 0 Å². The van der Waals surface area contributed by atoms with Crippen LogP contribution in [0.4, 0.5) is 18.9 Å². The number of halogens is 3. The topological polar surface area (TPSA) is 66.5 Å². The highest BCUT2D eigenvalue weighted by atomic mass is 32.2. The molecule has 9 heteroatoms. The van der Waals surface area contributed by atoms with Gasteiger partial charge in [0.05, 0.1) is 17.1 Å². The standard InChI is InChI=1S/C21H17F3N2O3S/c22-16-8-6-15(7-9-16)13-26(30(28,29)18-4-2-1-3-5-18)14-21(27)25-20-12-17(23)10-11-19(20)24/h1-12H,13-14H2,(H,25,27). The Morgan fingerprint density at radius 3 is 2.17 bits per heavy atom. The molecule has 0 saturated carbocycles. The molecule has 3 aromatic carbocycles. The fourth-order valence-corrected chi connectivity index (χ4v) is 4.11. The van der Waals surface area contributed by atoms with Gasteiger partial charge in [-0.3, -0.25) is 4.79 Å². The fourth-order valence-electron chi connectivity index (χ4n) is 2.70. The normalized spacial score (nSPS) is 11.5. The minimum atomic E-state index is -4.10. The zero-order chi connectivity index (χ0) is 21.7. The number of sulfonamides is 1. The van der Waals surface area contributed by atoms with E-state index >= 15 is 0 Å². The van der Waals surface area contributed by atoms with Crippen LogP contribution in [-0.2, 0) is 21.4 Å². The Bertz CT molecular complexity index is 1140. The van der Waals surface area contributed by atoms with E-state index in [-0.39, 0.29) is 11.4 Å². The molecule has 0 unspecified atom stereocenters. The summed E-state index contributed by atoms with van der Waals surface area (Å²) in [4.78, 5) is 12.4. The maximum Gasteiger partial charge on any atom is 0.243 e. The Labute approximate surface area is 171 Å². The quantitative estimate of drug-likeness (QED) is 0.613. The van der Waals surface area contributed by atoms with Crippen LogP contribution in [0, 0.1) is 17.5 Å². The summed E-state index contributed by atoms with van der Waals surface area (Å²) in [6.45, 7) is -0.888. The van der Waals surface area contributed by atoms with Crippen molar-refractivity contribution in [1.82, 2.24) is 4.31 Å². The van der Waals surface area contributed by atoms with Gasteiger partial charge in [-0.1, -0.05) is 30.3 Å². The van der Waals surface area contributed by atoms with Crippen LogP contribution in [0.15, 0.2) is 77.7 Å².